The van der Waals surface area contributed by atoms with E-state index < -0.39 is 0 Å². The van der Waals surface area contributed by atoms with E-state index >= 15 is 0 Å². The maximum absolute atomic E-state index is 11.7. The lowest BCUT2D eigenvalue weighted by Gasteiger charge is -2.04. The highest BCUT2D eigenvalue weighted by Gasteiger charge is 2.12. The Morgan fingerprint density at radius 1 is 1.38 bits per heavy atom. The molecule has 0 radical (unpaired) electrons. The van der Waals surface area contributed by atoms with Gasteiger partial charge in [-0.15, -0.1) is 10.2 Å². The fourth-order valence-electron chi connectivity index (χ4n) is 1.06. The van der Waals surface area contributed by atoms with Crippen LogP contribution in [0, 0.1) is 0 Å². The van der Waals surface area contributed by atoms with Gasteiger partial charge in [-0.2, -0.15) is 0 Å². The van der Waals surface area contributed by atoms with E-state index in [4.69, 9.17) is 5.73 Å². The molecule has 0 bridgehead atoms. The van der Waals surface area contributed by atoms with Gasteiger partial charge in [-0.3, -0.25) is 4.79 Å². The molecular formula is C9H7BrN4OS. The van der Waals surface area contributed by atoms with Crippen LogP contribution < -0.4 is 11.1 Å². The van der Waals surface area contributed by atoms with Crippen molar-refractivity contribution in [3.63, 3.8) is 0 Å². The fraction of sp³-hybridized carbons (Fsp3) is 0. The van der Waals surface area contributed by atoms with E-state index in [1.807, 2.05) is 18.2 Å². The molecule has 0 saturated carbocycles. The van der Waals surface area contributed by atoms with E-state index in [9.17, 15) is 4.79 Å². The monoisotopic (exact) mass is 298 g/mol. The van der Waals surface area contributed by atoms with Gasteiger partial charge in [0.25, 0.3) is 5.91 Å². The lowest BCUT2D eigenvalue weighted by atomic mass is 10.3. The second-order valence-corrected chi connectivity index (χ2v) is 4.74. The highest BCUT2D eigenvalue weighted by atomic mass is 79.9. The summed E-state index contributed by atoms with van der Waals surface area (Å²) in [5.74, 6) is -0.318. The summed E-state index contributed by atoms with van der Waals surface area (Å²) in [6.07, 6.45) is 0. The Balaban J connectivity index is 2.17. The topological polar surface area (TPSA) is 80.9 Å². The minimum atomic E-state index is -0.318. The van der Waals surface area contributed by atoms with Gasteiger partial charge >= 0.3 is 0 Å². The summed E-state index contributed by atoms with van der Waals surface area (Å²) < 4.78 is 0.806. The first-order chi connectivity index (χ1) is 7.66. The first kappa shape index (κ1) is 11.0. The van der Waals surface area contributed by atoms with Crippen LogP contribution in [0.1, 0.15) is 9.80 Å². The summed E-state index contributed by atoms with van der Waals surface area (Å²) in [5.41, 5.74) is 6.08. The van der Waals surface area contributed by atoms with Gasteiger partial charge in [-0.25, -0.2) is 0 Å². The average molecular weight is 299 g/mol. The highest BCUT2D eigenvalue weighted by molar-refractivity contribution is 9.10. The van der Waals surface area contributed by atoms with Gasteiger partial charge in [-0.05, 0) is 28.1 Å². The Kier molecular flexibility index (Phi) is 3.16. The van der Waals surface area contributed by atoms with Gasteiger partial charge in [0.05, 0.1) is 5.69 Å². The molecule has 3 N–H and O–H groups in total. The zero-order chi connectivity index (χ0) is 11.5. The van der Waals surface area contributed by atoms with E-state index in [-0.39, 0.29) is 16.0 Å². The third-order valence-corrected chi connectivity index (χ3v) is 3.20. The first-order valence-corrected chi connectivity index (χ1v) is 5.92. The van der Waals surface area contributed by atoms with Crippen LogP contribution in [0.2, 0.25) is 0 Å². The number of benzene rings is 1. The lowest BCUT2D eigenvalue weighted by Crippen LogP contribution is -2.11. The maximum atomic E-state index is 11.7. The van der Waals surface area contributed by atoms with Crippen LogP contribution in [0.4, 0.5) is 10.8 Å². The molecule has 2 rings (SSSR count). The molecule has 82 valence electrons. The largest absolute Gasteiger partial charge is 0.374 e. The molecule has 0 saturated heterocycles. The zero-order valence-corrected chi connectivity index (χ0v) is 10.4. The second-order valence-electron chi connectivity index (χ2n) is 2.88. The molecule has 7 heteroatoms. The third-order valence-electron chi connectivity index (χ3n) is 1.76. The fourth-order valence-corrected chi connectivity index (χ4v) is 1.95. The second kappa shape index (κ2) is 4.58. The van der Waals surface area contributed by atoms with Crippen molar-refractivity contribution in [3.8, 4) is 0 Å². The van der Waals surface area contributed by atoms with Gasteiger partial charge in [0.15, 0.2) is 0 Å². The van der Waals surface area contributed by atoms with E-state index in [0.29, 0.717) is 5.69 Å². The number of nitrogen functional groups attached to an aromatic ring is 1. The zero-order valence-electron chi connectivity index (χ0n) is 7.98. The molecular weight excluding hydrogens is 292 g/mol. The van der Waals surface area contributed by atoms with Crippen LogP contribution in [0.25, 0.3) is 0 Å². The van der Waals surface area contributed by atoms with Gasteiger partial charge in [0, 0.05) is 4.47 Å². The Morgan fingerprint density at radius 2 is 2.12 bits per heavy atom. The number of nitrogens with two attached hydrogens (primary N) is 1. The van der Waals surface area contributed by atoms with Gasteiger partial charge in [0.2, 0.25) is 10.1 Å². The van der Waals surface area contributed by atoms with E-state index in [1.165, 1.54) is 0 Å². The van der Waals surface area contributed by atoms with Crippen LogP contribution in [0.3, 0.4) is 0 Å². The molecule has 1 aromatic carbocycles. The van der Waals surface area contributed by atoms with Crippen LogP contribution in [0.15, 0.2) is 28.7 Å². The first-order valence-electron chi connectivity index (χ1n) is 4.31. The van der Waals surface area contributed by atoms with Crippen molar-refractivity contribution < 1.29 is 4.79 Å². The minimum absolute atomic E-state index is 0.244. The van der Waals surface area contributed by atoms with Gasteiger partial charge < -0.3 is 11.1 Å². The lowest BCUT2D eigenvalue weighted by molar-refractivity contribution is 0.102. The van der Waals surface area contributed by atoms with Crippen molar-refractivity contribution in [1.29, 1.82) is 0 Å². The molecule has 2 aromatic rings. The predicted molar refractivity (Wildman–Crippen MR) is 66.4 cm³/mol. The quantitative estimate of drug-likeness (QED) is 0.890. The highest BCUT2D eigenvalue weighted by Crippen LogP contribution is 2.22. The molecule has 0 fully saturated rings. The number of carbonyl (C=O) groups is 1. The number of halogens is 1. The normalized spacial score (nSPS) is 10.1. The van der Waals surface area contributed by atoms with E-state index in [2.05, 4.69) is 31.4 Å². The Bertz CT molecular complexity index is 528. The summed E-state index contributed by atoms with van der Waals surface area (Å²) in [5, 5.41) is 10.5. The third kappa shape index (κ3) is 2.37. The number of nitrogens with one attached hydrogen (secondary N) is 1. The Labute approximate surface area is 104 Å². The smallest absolute Gasteiger partial charge is 0.286 e. The molecule has 16 heavy (non-hydrogen) atoms. The summed E-state index contributed by atoms with van der Waals surface area (Å²) in [4.78, 5) is 11.7. The number of hydrogen-bond acceptors (Lipinski definition) is 5. The summed E-state index contributed by atoms with van der Waals surface area (Å²) >= 11 is 4.38. The molecule has 5 nitrogen and oxygen atoms in total. The number of hydrogen-bond donors (Lipinski definition) is 2. The number of amides is 1. The number of para-hydroxylation sites is 1. The van der Waals surface area contributed by atoms with E-state index in [1.54, 1.807) is 6.07 Å². The van der Waals surface area contributed by atoms with Crippen molar-refractivity contribution in [3.05, 3.63) is 33.7 Å². The predicted octanol–water partition coefficient (Wildman–Crippen LogP) is 2.14. The molecule has 0 aliphatic heterocycles. The number of aromatic nitrogens is 2. The standard InChI is InChI=1S/C9H7BrN4OS/c10-5-3-1-2-4-6(5)12-7(15)8-13-14-9(11)16-8/h1-4H,(H2,11,14)(H,12,15). The molecule has 0 atom stereocenters. The molecule has 1 amide bonds. The summed E-state index contributed by atoms with van der Waals surface area (Å²) in [6, 6.07) is 7.31. The van der Waals surface area contributed by atoms with Crippen LogP contribution in [-0.2, 0) is 0 Å². The van der Waals surface area contributed by atoms with Crippen LogP contribution in [0.5, 0.6) is 0 Å². The van der Waals surface area contributed by atoms with Gasteiger partial charge in [-0.1, -0.05) is 23.5 Å². The van der Waals surface area contributed by atoms with E-state index in [0.717, 1.165) is 15.8 Å². The number of rotatable bonds is 2. The van der Waals surface area contributed by atoms with Gasteiger partial charge in [0.1, 0.15) is 0 Å². The van der Waals surface area contributed by atoms with Crippen molar-refractivity contribution in [1.82, 2.24) is 10.2 Å². The SMILES string of the molecule is Nc1nnc(C(=O)Nc2ccccc2Br)s1. The number of anilines is 2. The van der Waals surface area contributed by atoms with Crippen molar-refractivity contribution in [2.24, 2.45) is 0 Å². The number of nitrogens with zero attached hydrogens (tertiary/aromatic N) is 2. The average Bonchev–Trinajstić information content (AvgIpc) is 2.68. The van der Waals surface area contributed by atoms with Crippen molar-refractivity contribution >= 4 is 44.0 Å². The molecule has 0 unspecified atom stereocenters. The maximum Gasteiger partial charge on any atom is 0.286 e. The van der Waals surface area contributed by atoms with Crippen LogP contribution >= 0.6 is 27.3 Å². The van der Waals surface area contributed by atoms with Crippen molar-refractivity contribution in [2.45, 2.75) is 0 Å². The Hall–Kier alpha value is -1.47. The Morgan fingerprint density at radius 3 is 2.75 bits per heavy atom. The molecule has 0 spiro atoms. The minimum Gasteiger partial charge on any atom is -0.374 e. The summed E-state index contributed by atoms with van der Waals surface area (Å²) in [7, 11) is 0. The molecule has 1 heterocycles. The molecule has 0 aliphatic carbocycles. The summed E-state index contributed by atoms with van der Waals surface area (Å²) in [6.45, 7) is 0. The molecule has 0 aliphatic rings. The molecule has 1 aromatic heterocycles. The number of carbonyl (C=O) groups excluding carboxylic acids is 1. The van der Waals surface area contributed by atoms with Crippen LogP contribution in [-0.4, -0.2) is 16.1 Å². The van der Waals surface area contributed by atoms with Crippen molar-refractivity contribution in [2.75, 3.05) is 11.1 Å².